The van der Waals surface area contributed by atoms with Crippen LogP contribution in [0.5, 0.6) is 0 Å². The van der Waals surface area contributed by atoms with Gasteiger partial charge >= 0.3 is 0 Å². The van der Waals surface area contributed by atoms with Crippen LogP contribution >= 0.6 is 0 Å². The van der Waals surface area contributed by atoms with Gasteiger partial charge in [-0.25, -0.2) is 0 Å². The van der Waals surface area contributed by atoms with Gasteiger partial charge < -0.3 is 0 Å². The fourth-order valence-electron chi connectivity index (χ4n) is 3.50. The summed E-state index contributed by atoms with van der Waals surface area (Å²) in [5, 5.41) is 0. The maximum Gasteiger partial charge on any atom is 0.156 e. The number of allylic oxidation sites excluding steroid dienone is 3. The quantitative estimate of drug-likeness (QED) is 0.621. The Morgan fingerprint density at radius 1 is 1.09 bits per heavy atom. The molecule has 2 heteroatoms. The average Bonchev–Trinajstić information content (AvgIpc) is 2.32. The SMILES string of the molecule is C=C1C(C)=CC(=O)CC1(C)C.CC1CC(=O)CC(C)(C)C1C. The van der Waals surface area contributed by atoms with Crippen LogP contribution in [0.4, 0.5) is 0 Å². The molecule has 0 saturated heterocycles. The van der Waals surface area contributed by atoms with Crippen LogP contribution in [0.1, 0.15) is 67.7 Å². The van der Waals surface area contributed by atoms with Gasteiger partial charge in [0, 0.05) is 19.3 Å². The Bertz CT molecular complexity index is 506. The zero-order valence-electron chi connectivity index (χ0n) is 15.4. The van der Waals surface area contributed by atoms with E-state index in [-0.39, 0.29) is 16.6 Å². The molecule has 0 aromatic carbocycles. The Hall–Kier alpha value is -1.18. The fourth-order valence-corrected chi connectivity index (χ4v) is 3.50. The van der Waals surface area contributed by atoms with Crippen molar-refractivity contribution >= 4 is 11.6 Å². The maximum atomic E-state index is 11.2. The highest BCUT2D eigenvalue weighted by Crippen LogP contribution is 2.41. The lowest BCUT2D eigenvalue weighted by molar-refractivity contribution is -0.127. The number of carbonyl (C=O) groups is 2. The standard InChI is InChI=1S/C10H18O.C10H14O/c2*1-7-5-9(11)6-10(3,4)8(7)2/h7-8H,5-6H2,1-4H3;5H,2,6H2,1,3-4H3. The van der Waals surface area contributed by atoms with Crippen LogP contribution < -0.4 is 0 Å². The van der Waals surface area contributed by atoms with Crippen LogP contribution in [0.15, 0.2) is 23.8 Å². The molecule has 2 unspecified atom stereocenters. The highest BCUT2D eigenvalue weighted by molar-refractivity contribution is 5.93. The molecule has 2 nitrogen and oxygen atoms in total. The molecule has 2 aliphatic carbocycles. The Labute approximate surface area is 136 Å². The molecular weight excluding hydrogens is 272 g/mol. The number of rotatable bonds is 0. The Balaban J connectivity index is 0.000000220. The van der Waals surface area contributed by atoms with Crippen molar-refractivity contribution in [3.63, 3.8) is 0 Å². The molecule has 0 amide bonds. The van der Waals surface area contributed by atoms with Crippen LogP contribution in [-0.4, -0.2) is 11.6 Å². The van der Waals surface area contributed by atoms with Gasteiger partial charge in [-0.2, -0.15) is 0 Å². The molecule has 2 rings (SSSR count). The molecule has 2 atom stereocenters. The molecule has 0 N–H and O–H groups in total. The van der Waals surface area contributed by atoms with E-state index < -0.39 is 0 Å². The lowest BCUT2D eigenvalue weighted by Gasteiger charge is -2.39. The molecule has 124 valence electrons. The second-order valence-electron chi connectivity index (χ2n) is 8.51. The monoisotopic (exact) mass is 304 g/mol. The van der Waals surface area contributed by atoms with E-state index in [0.29, 0.717) is 24.0 Å². The van der Waals surface area contributed by atoms with Crippen molar-refractivity contribution in [2.24, 2.45) is 22.7 Å². The van der Waals surface area contributed by atoms with Gasteiger partial charge in [-0.15, -0.1) is 0 Å². The normalized spacial score (nSPS) is 30.3. The van der Waals surface area contributed by atoms with Gasteiger partial charge in [0.05, 0.1) is 0 Å². The summed E-state index contributed by atoms with van der Waals surface area (Å²) in [7, 11) is 0. The minimum atomic E-state index is -0.0318. The summed E-state index contributed by atoms with van der Waals surface area (Å²) < 4.78 is 0. The van der Waals surface area contributed by atoms with Crippen molar-refractivity contribution in [3.8, 4) is 0 Å². The zero-order valence-corrected chi connectivity index (χ0v) is 15.4. The predicted octanol–water partition coefficient (Wildman–Crippen LogP) is 5.14. The molecule has 2 aliphatic rings. The summed E-state index contributed by atoms with van der Waals surface area (Å²) in [6, 6.07) is 0. The fraction of sp³-hybridized carbons (Fsp3) is 0.700. The van der Waals surface area contributed by atoms with Gasteiger partial charge in [0.15, 0.2) is 5.78 Å². The topological polar surface area (TPSA) is 34.1 Å². The smallest absolute Gasteiger partial charge is 0.156 e. The summed E-state index contributed by atoms with van der Waals surface area (Å²) in [6.07, 6.45) is 3.86. The van der Waals surface area contributed by atoms with Gasteiger partial charge in [0.25, 0.3) is 0 Å². The summed E-state index contributed by atoms with van der Waals surface area (Å²) in [5.41, 5.74) is 2.33. The van der Waals surface area contributed by atoms with E-state index in [1.807, 2.05) is 6.92 Å². The summed E-state index contributed by atoms with van der Waals surface area (Å²) in [5.74, 6) is 1.92. The van der Waals surface area contributed by atoms with Crippen molar-refractivity contribution in [1.82, 2.24) is 0 Å². The third kappa shape index (κ3) is 4.41. The van der Waals surface area contributed by atoms with Crippen molar-refractivity contribution < 1.29 is 9.59 Å². The first kappa shape index (κ1) is 18.9. The maximum absolute atomic E-state index is 11.2. The molecular formula is C20H32O2. The van der Waals surface area contributed by atoms with Gasteiger partial charge in [0.1, 0.15) is 5.78 Å². The molecule has 0 aliphatic heterocycles. The molecule has 22 heavy (non-hydrogen) atoms. The summed E-state index contributed by atoms with van der Waals surface area (Å²) in [6.45, 7) is 18.9. The van der Waals surface area contributed by atoms with Crippen molar-refractivity contribution in [2.75, 3.05) is 0 Å². The number of carbonyl (C=O) groups excluding carboxylic acids is 2. The molecule has 0 heterocycles. The van der Waals surface area contributed by atoms with Crippen LogP contribution in [0.2, 0.25) is 0 Å². The summed E-state index contributed by atoms with van der Waals surface area (Å²) in [4.78, 5) is 22.4. The number of ketones is 2. The van der Waals surface area contributed by atoms with Crippen molar-refractivity contribution in [3.05, 3.63) is 23.8 Å². The van der Waals surface area contributed by atoms with Gasteiger partial charge in [-0.1, -0.05) is 48.1 Å². The van der Waals surface area contributed by atoms with Crippen LogP contribution in [0.25, 0.3) is 0 Å². The molecule has 0 bridgehead atoms. The zero-order chi connectivity index (χ0) is 17.3. The second-order valence-corrected chi connectivity index (χ2v) is 8.51. The number of Topliss-reactive ketones (excluding diaryl/α,β-unsaturated/α-hetero) is 1. The van der Waals surface area contributed by atoms with E-state index in [9.17, 15) is 9.59 Å². The van der Waals surface area contributed by atoms with E-state index >= 15 is 0 Å². The van der Waals surface area contributed by atoms with Crippen LogP contribution in [-0.2, 0) is 9.59 Å². The molecule has 0 aromatic rings. The van der Waals surface area contributed by atoms with Gasteiger partial charge in [-0.3, -0.25) is 9.59 Å². The number of hydrogen-bond acceptors (Lipinski definition) is 2. The van der Waals surface area contributed by atoms with Gasteiger partial charge in [-0.05, 0) is 46.8 Å². The molecule has 1 saturated carbocycles. The van der Waals surface area contributed by atoms with E-state index in [1.165, 1.54) is 0 Å². The van der Waals surface area contributed by atoms with E-state index in [2.05, 4.69) is 48.1 Å². The highest BCUT2D eigenvalue weighted by atomic mass is 16.1. The Kier molecular flexibility index (Phi) is 5.59. The molecule has 0 radical (unpaired) electrons. The van der Waals surface area contributed by atoms with Crippen molar-refractivity contribution in [2.45, 2.75) is 67.7 Å². The largest absolute Gasteiger partial charge is 0.300 e. The van der Waals surface area contributed by atoms with Gasteiger partial charge in [0.2, 0.25) is 0 Å². The highest BCUT2D eigenvalue weighted by Gasteiger charge is 2.37. The minimum Gasteiger partial charge on any atom is -0.300 e. The molecule has 0 spiro atoms. The minimum absolute atomic E-state index is 0.0318. The predicted molar refractivity (Wildman–Crippen MR) is 92.7 cm³/mol. The first-order valence-corrected chi connectivity index (χ1v) is 8.29. The number of hydrogen-bond donors (Lipinski definition) is 0. The van der Waals surface area contributed by atoms with E-state index in [4.69, 9.17) is 0 Å². The Morgan fingerprint density at radius 3 is 2.09 bits per heavy atom. The van der Waals surface area contributed by atoms with E-state index in [1.54, 1.807) is 6.08 Å². The third-order valence-corrected chi connectivity index (χ3v) is 5.58. The van der Waals surface area contributed by atoms with Crippen molar-refractivity contribution in [1.29, 1.82) is 0 Å². The third-order valence-electron chi connectivity index (χ3n) is 5.58. The summed E-state index contributed by atoms with van der Waals surface area (Å²) >= 11 is 0. The first-order valence-electron chi connectivity index (χ1n) is 8.29. The van der Waals surface area contributed by atoms with Crippen LogP contribution in [0, 0.1) is 22.7 Å². The first-order chi connectivity index (χ1) is 9.86. The molecule has 1 fully saturated rings. The lowest BCUT2D eigenvalue weighted by Crippen LogP contribution is -2.35. The Morgan fingerprint density at radius 2 is 1.64 bits per heavy atom. The lowest BCUT2D eigenvalue weighted by atomic mass is 9.65. The second kappa shape index (κ2) is 6.52. The average molecular weight is 304 g/mol. The molecule has 0 aromatic heterocycles. The van der Waals surface area contributed by atoms with Crippen LogP contribution in [0.3, 0.4) is 0 Å². The van der Waals surface area contributed by atoms with E-state index in [0.717, 1.165) is 24.0 Å².